The van der Waals surface area contributed by atoms with E-state index in [1.807, 2.05) is 36.9 Å². The molecule has 2 atom stereocenters. The minimum Gasteiger partial charge on any atom is -0.448 e. The van der Waals surface area contributed by atoms with Crippen molar-refractivity contribution >= 4 is 11.9 Å². The summed E-state index contributed by atoms with van der Waals surface area (Å²) in [6.45, 7) is 4.37. The van der Waals surface area contributed by atoms with E-state index in [2.05, 4.69) is 48.5 Å². The minimum absolute atomic E-state index is 0.0232. The van der Waals surface area contributed by atoms with E-state index >= 15 is 0 Å². The van der Waals surface area contributed by atoms with Crippen molar-refractivity contribution in [2.24, 2.45) is 5.92 Å². The van der Waals surface area contributed by atoms with Gasteiger partial charge in [0, 0.05) is 29.5 Å². The van der Waals surface area contributed by atoms with Gasteiger partial charge in [0.1, 0.15) is 6.61 Å². The molecule has 3 aromatic carbocycles. The van der Waals surface area contributed by atoms with Gasteiger partial charge in [-0.05, 0) is 72.9 Å². The first-order valence-electron chi connectivity index (χ1n) is 12.8. The van der Waals surface area contributed by atoms with Crippen molar-refractivity contribution < 1.29 is 14.3 Å². The first-order valence-corrected chi connectivity index (χ1v) is 12.8. The molecule has 6 rings (SSSR count). The van der Waals surface area contributed by atoms with Gasteiger partial charge < -0.3 is 9.64 Å². The van der Waals surface area contributed by atoms with Gasteiger partial charge in [0.15, 0.2) is 5.78 Å². The molecule has 2 heterocycles. The van der Waals surface area contributed by atoms with Crippen LogP contribution in [0.5, 0.6) is 0 Å². The van der Waals surface area contributed by atoms with Crippen molar-refractivity contribution in [3.8, 4) is 11.1 Å². The fourth-order valence-corrected chi connectivity index (χ4v) is 6.76. The van der Waals surface area contributed by atoms with Crippen molar-refractivity contribution in [3.05, 3.63) is 94.5 Å². The Labute approximate surface area is 206 Å². The maximum Gasteiger partial charge on any atom is 0.410 e. The smallest absolute Gasteiger partial charge is 0.410 e. The zero-order valence-corrected chi connectivity index (χ0v) is 20.4. The molecule has 35 heavy (non-hydrogen) atoms. The molecule has 3 aliphatic rings. The summed E-state index contributed by atoms with van der Waals surface area (Å²) >= 11 is 0. The van der Waals surface area contributed by atoms with E-state index in [-0.39, 0.29) is 35.8 Å². The Morgan fingerprint density at radius 1 is 0.800 bits per heavy atom. The van der Waals surface area contributed by atoms with Gasteiger partial charge in [-0.15, -0.1) is 0 Å². The van der Waals surface area contributed by atoms with Gasteiger partial charge in [0.05, 0.1) is 0 Å². The van der Waals surface area contributed by atoms with Crippen LogP contribution in [0.15, 0.2) is 66.7 Å². The number of hydrogen-bond acceptors (Lipinski definition) is 3. The number of aryl methyl sites for hydroxylation is 2. The number of amides is 1. The van der Waals surface area contributed by atoms with Crippen LogP contribution in [0.1, 0.15) is 64.2 Å². The van der Waals surface area contributed by atoms with Gasteiger partial charge in [-0.2, -0.15) is 0 Å². The highest BCUT2D eigenvalue weighted by Gasteiger charge is 2.46. The van der Waals surface area contributed by atoms with Crippen LogP contribution in [-0.4, -0.2) is 35.5 Å². The Bertz CT molecular complexity index is 1230. The van der Waals surface area contributed by atoms with E-state index in [0.717, 1.165) is 42.4 Å². The molecule has 2 unspecified atom stereocenters. The number of Topliss-reactive ketones (excluding diaryl/α,β-unsaturated/α-hetero) is 1. The summed E-state index contributed by atoms with van der Waals surface area (Å²) in [7, 11) is 0. The molecule has 178 valence electrons. The molecule has 2 aliphatic heterocycles. The van der Waals surface area contributed by atoms with Gasteiger partial charge in [0.2, 0.25) is 0 Å². The average Bonchev–Trinajstić information content (AvgIpc) is 3.33. The Kier molecular flexibility index (Phi) is 5.47. The second-order valence-corrected chi connectivity index (χ2v) is 10.4. The topological polar surface area (TPSA) is 46.6 Å². The molecule has 4 heteroatoms. The number of benzene rings is 3. The lowest BCUT2D eigenvalue weighted by Gasteiger charge is -2.38. The van der Waals surface area contributed by atoms with Crippen LogP contribution in [0.4, 0.5) is 4.79 Å². The van der Waals surface area contributed by atoms with Gasteiger partial charge in [-0.3, -0.25) is 4.79 Å². The molecule has 2 bridgehead atoms. The number of carbonyl (C=O) groups is 2. The van der Waals surface area contributed by atoms with Crippen molar-refractivity contribution in [2.45, 2.75) is 57.5 Å². The van der Waals surface area contributed by atoms with Gasteiger partial charge in [-0.1, -0.05) is 66.7 Å². The zero-order chi connectivity index (χ0) is 24.1. The number of ether oxygens (including phenoxy) is 1. The lowest BCUT2D eigenvalue weighted by molar-refractivity contribution is 0.0505. The van der Waals surface area contributed by atoms with Crippen molar-refractivity contribution in [1.29, 1.82) is 0 Å². The molecular weight excluding hydrogens is 434 g/mol. The lowest BCUT2D eigenvalue weighted by Crippen LogP contribution is -2.48. The highest BCUT2D eigenvalue weighted by molar-refractivity contribution is 6.00. The van der Waals surface area contributed by atoms with Crippen LogP contribution in [-0.2, 0) is 4.74 Å². The van der Waals surface area contributed by atoms with Gasteiger partial charge in [0.25, 0.3) is 0 Å². The van der Waals surface area contributed by atoms with Gasteiger partial charge >= 0.3 is 6.09 Å². The second-order valence-electron chi connectivity index (χ2n) is 10.4. The van der Waals surface area contributed by atoms with E-state index in [1.165, 1.54) is 22.3 Å². The van der Waals surface area contributed by atoms with Crippen molar-refractivity contribution in [3.63, 3.8) is 0 Å². The molecule has 2 fully saturated rings. The van der Waals surface area contributed by atoms with E-state index in [4.69, 9.17) is 4.74 Å². The molecule has 3 aromatic rings. The zero-order valence-electron chi connectivity index (χ0n) is 20.4. The minimum atomic E-state index is -0.225. The largest absolute Gasteiger partial charge is 0.448 e. The molecule has 0 spiro atoms. The number of ketones is 1. The number of hydrogen-bond donors (Lipinski definition) is 0. The van der Waals surface area contributed by atoms with E-state index in [0.29, 0.717) is 6.61 Å². The summed E-state index contributed by atoms with van der Waals surface area (Å²) in [5.41, 5.74) is 7.86. The Balaban J connectivity index is 1.16. The maximum absolute atomic E-state index is 13.4. The van der Waals surface area contributed by atoms with Crippen LogP contribution < -0.4 is 0 Å². The average molecular weight is 466 g/mol. The number of carbonyl (C=O) groups excluding carboxylic acids is 2. The normalized spacial score (nSPS) is 22.6. The monoisotopic (exact) mass is 465 g/mol. The third-order valence-electron chi connectivity index (χ3n) is 8.38. The highest BCUT2D eigenvalue weighted by Crippen LogP contribution is 2.45. The fraction of sp³-hybridized carbons (Fsp3) is 0.355. The highest BCUT2D eigenvalue weighted by atomic mass is 16.6. The lowest BCUT2D eigenvalue weighted by atomic mass is 9.82. The number of fused-ring (bicyclic) bond motifs is 5. The summed E-state index contributed by atoms with van der Waals surface area (Å²) in [4.78, 5) is 28.7. The molecule has 1 aliphatic carbocycles. The standard InChI is InChI=1S/C31H31NO3/c1-19-8-7-9-20(2)29(19)30(33)21-16-22-14-15-23(17-21)32(22)31(34)35-18-28-26-12-5-3-10-24(26)25-11-4-6-13-27(25)28/h3-13,21-23,28H,14-18H2,1-2H3. The molecule has 0 aromatic heterocycles. The molecule has 2 saturated heterocycles. The second kappa shape index (κ2) is 8.67. The van der Waals surface area contributed by atoms with E-state index in [1.54, 1.807) is 0 Å². The third kappa shape index (κ3) is 3.67. The summed E-state index contributed by atoms with van der Waals surface area (Å²) in [6, 6.07) is 23.0. The first-order chi connectivity index (χ1) is 17.0. The number of nitrogens with zero attached hydrogens (tertiary/aromatic N) is 1. The Morgan fingerprint density at radius 2 is 1.34 bits per heavy atom. The van der Waals surface area contributed by atoms with Crippen LogP contribution in [0, 0.1) is 19.8 Å². The van der Waals surface area contributed by atoms with Crippen LogP contribution >= 0.6 is 0 Å². The van der Waals surface area contributed by atoms with E-state index < -0.39 is 0 Å². The Morgan fingerprint density at radius 3 is 1.91 bits per heavy atom. The van der Waals surface area contributed by atoms with Crippen LogP contribution in [0.25, 0.3) is 11.1 Å². The molecule has 4 nitrogen and oxygen atoms in total. The number of piperidine rings is 1. The van der Waals surface area contributed by atoms with Crippen molar-refractivity contribution in [1.82, 2.24) is 4.90 Å². The fourth-order valence-electron chi connectivity index (χ4n) is 6.76. The Hall–Kier alpha value is -3.40. The maximum atomic E-state index is 13.4. The summed E-state index contributed by atoms with van der Waals surface area (Å²) < 4.78 is 5.98. The predicted octanol–water partition coefficient (Wildman–Crippen LogP) is 6.68. The summed E-state index contributed by atoms with van der Waals surface area (Å²) in [6.07, 6.45) is 3.13. The number of rotatable bonds is 4. The van der Waals surface area contributed by atoms with Crippen molar-refractivity contribution in [2.75, 3.05) is 6.61 Å². The predicted molar refractivity (Wildman–Crippen MR) is 137 cm³/mol. The quantitative estimate of drug-likeness (QED) is 0.404. The van der Waals surface area contributed by atoms with Crippen LogP contribution in [0.2, 0.25) is 0 Å². The summed E-state index contributed by atoms with van der Waals surface area (Å²) in [5.74, 6) is 0.279. The summed E-state index contributed by atoms with van der Waals surface area (Å²) in [5, 5.41) is 0. The van der Waals surface area contributed by atoms with Crippen LogP contribution in [0.3, 0.4) is 0 Å². The van der Waals surface area contributed by atoms with Gasteiger partial charge in [-0.25, -0.2) is 4.79 Å². The molecule has 0 N–H and O–H groups in total. The first kappa shape index (κ1) is 22.1. The molecular formula is C31H31NO3. The molecule has 0 saturated carbocycles. The van der Waals surface area contributed by atoms with E-state index in [9.17, 15) is 9.59 Å². The third-order valence-corrected chi connectivity index (χ3v) is 8.38. The molecule has 0 radical (unpaired) electrons. The SMILES string of the molecule is Cc1cccc(C)c1C(=O)C1CC2CCC(C1)N2C(=O)OCC1c2ccccc2-c2ccccc21. The molecule has 1 amide bonds.